The van der Waals surface area contributed by atoms with Gasteiger partial charge in [-0.1, -0.05) is 29.8 Å². The maximum Gasteiger partial charge on any atom is 0.240 e. The summed E-state index contributed by atoms with van der Waals surface area (Å²) in [4.78, 5) is 12.5. The molecule has 0 saturated heterocycles. The summed E-state index contributed by atoms with van der Waals surface area (Å²) < 4.78 is 29.3. The van der Waals surface area contributed by atoms with Crippen LogP contribution in [-0.2, 0) is 21.4 Å². The molecule has 0 radical (unpaired) electrons. The van der Waals surface area contributed by atoms with Crippen molar-refractivity contribution in [3.63, 3.8) is 0 Å². The molecule has 1 aromatic heterocycles. The minimum atomic E-state index is -3.50. The predicted molar refractivity (Wildman–Crippen MR) is 124 cm³/mol. The molecular weight excluding hydrogens is 448 g/mol. The summed E-state index contributed by atoms with van der Waals surface area (Å²) in [6.45, 7) is 2.37. The van der Waals surface area contributed by atoms with E-state index in [0.717, 1.165) is 24.0 Å². The van der Waals surface area contributed by atoms with E-state index < -0.39 is 10.0 Å². The lowest BCUT2D eigenvalue weighted by Gasteiger charge is -2.11. The number of benzene rings is 2. The third kappa shape index (κ3) is 5.42. The maximum absolute atomic E-state index is 12.3. The molecule has 0 bridgehead atoms. The van der Waals surface area contributed by atoms with Crippen molar-refractivity contribution in [3.8, 4) is 11.4 Å². The normalized spacial score (nSPS) is 13.7. The van der Waals surface area contributed by atoms with Crippen LogP contribution in [0.5, 0.6) is 0 Å². The number of sulfonamides is 1. The molecule has 1 aliphatic rings. The van der Waals surface area contributed by atoms with E-state index >= 15 is 0 Å². The van der Waals surface area contributed by atoms with Crippen molar-refractivity contribution in [1.82, 2.24) is 24.9 Å². The van der Waals surface area contributed by atoms with Crippen LogP contribution >= 0.6 is 12.2 Å². The van der Waals surface area contributed by atoms with E-state index in [4.69, 9.17) is 12.2 Å². The number of aryl methyl sites for hydroxylation is 1. The summed E-state index contributed by atoms with van der Waals surface area (Å²) in [6.07, 6.45) is 1.93. The molecule has 0 unspecified atom stereocenters. The Morgan fingerprint density at radius 1 is 1.16 bits per heavy atom. The van der Waals surface area contributed by atoms with Crippen LogP contribution in [0.3, 0.4) is 0 Å². The Balaban J connectivity index is 1.32. The number of aromatic nitrogens is 3. The van der Waals surface area contributed by atoms with Gasteiger partial charge in [-0.05, 0) is 56.2 Å². The Morgan fingerprint density at radius 2 is 1.84 bits per heavy atom. The average Bonchev–Trinajstić information content (AvgIpc) is 3.50. The van der Waals surface area contributed by atoms with E-state index in [1.807, 2.05) is 31.2 Å². The Labute approximate surface area is 191 Å². The highest BCUT2D eigenvalue weighted by molar-refractivity contribution is 7.89. The second-order valence-electron chi connectivity index (χ2n) is 7.71. The van der Waals surface area contributed by atoms with E-state index in [2.05, 4.69) is 25.8 Å². The van der Waals surface area contributed by atoms with E-state index in [0.29, 0.717) is 22.8 Å². The van der Waals surface area contributed by atoms with Crippen molar-refractivity contribution in [1.29, 1.82) is 0 Å². The lowest BCUT2D eigenvalue weighted by Crippen LogP contribution is -2.30. The number of H-pyrrole nitrogens is 1. The maximum atomic E-state index is 12.3. The molecule has 1 fully saturated rings. The van der Waals surface area contributed by atoms with Crippen LogP contribution in [-0.4, -0.2) is 35.1 Å². The van der Waals surface area contributed by atoms with Gasteiger partial charge in [0.2, 0.25) is 15.9 Å². The zero-order chi connectivity index (χ0) is 22.7. The predicted octanol–water partition coefficient (Wildman–Crippen LogP) is 2.89. The first kappa shape index (κ1) is 22.2. The molecule has 32 heavy (non-hydrogen) atoms. The minimum absolute atomic E-state index is 0.0485. The number of hydrazine groups is 1. The fraction of sp³-hybridized carbons (Fsp3) is 0.286. The van der Waals surface area contributed by atoms with E-state index in [1.54, 1.807) is 16.7 Å². The van der Waals surface area contributed by atoms with Crippen LogP contribution in [0.15, 0.2) is 53.4 Å². The van der Waals surface area contributed by atoms with E-state index in [-0.39, 0.29) is 23.3 Å². The van der Waals surface area contributed by atoms with Crippen molar-refractivity contribution in [3.05, 3.63) is 58.9 Å². The molecule has 1 heterocycles. The molecule has 9 nitrogen and oxygen atoms in total. The SMILES string of the molecule is Cc1ccc(-c2n[nH]c(=S)n2CCC(=O)NNc2ccc(S(=O)(=O)NC3CC3)cc2)cc1. The summed E-state index contributed by atoms with van der Waals surface area (Å²) in [6, 6.07) is 14.2. The monoisotopic (exact) mass is 472 g/mol. The smallest absolute Gasteiger partial charge is 0.240 e. The molecule has 1 amide bonds. The molecule has 0 aliphatic heterocycles. The summed E-state index contributed by atoms with van der Waals surface area (Å²) in [5, 5.41) is 7.06. The standard InChI is InChI=1S/C21H24N6O3S2/c1-14-2-4-15(5-3-14)20-24-25-21(31)27(20)13-12-19(28)23-22-16-8-10-18(11-9-16)32(29,30)26-17-6-7-17/h2-5,8-11,17,22,26H,6-7,12-13H2,1H3,(H,23,28)(H,25,31). The zero-order valence-corrected chi connectivity index (χ0v) is 19.1. The molecule has 1 saturated carbocycles. The minimum Gasteiger partial charge on any atom is -0.300 e. The van der Waals surface area contributed by atoms with Crippen LogP contribution in [0.25, 0.3) is 11.4 Å². The number of rotatable bonds is 9. The number of carbonyl (C=O) groups is 1. The molecular formula is C21H24N6O3S2. The number of carbonyl (C=O) groups excluding carboxylic acids is 1. The number of anilines is 1. The van der Waals surface area contributed by atoms with Gasteiger partial charge in [-0.3, -0.25) is 25.3 Å². The first-order valence-electron chi connectivity index (χ1n) is 10.2. The van der Waals surface area contributed by atoms with Crippen LogP contribution in [0, 0.1) is 11.7 Å². The quantitative estimate of drug-likeness (QED) is 0.281. The first-order chi connectivity index (χ1) is 15.3. The highest BCUT2D eigenvalue weighted by Crippen LogP contribution is 2.23. The van der Waals surface area contributed by atoms with Crippen LogP contribution in [0.2, 0.25) is 0 Å². The van der Waals surface area contributed by atoms with E-state index in [1.165, 1.54) is 12.1 Å². The summed E-state index contributed by atoms with van der Waals surface area (Å²) in [5.41, 5.74) is 8.04. The molecule has 1 aliphatic carbocycles. The number of amides is 1. The third-order valence-corrected chi connectivity index (χ3v) is 6.89. The van der Waals surface area contributed by atoms with Crippen molar-refractivity contribution < 1.29 is 13.2 Å². The molecule has 4 N–H and O–H groups in total. The zero-order valence-electron chi connectivity index (χ0n) is 17.5. The fourth-order valence-corrected chi connectivity index (χ4v) is 4.60. The lowest BCUT2D eigenvalue weighted by molar-refractivity contribution is -0.120. The highest BCUT2D eigenvalue weighted by Gasteiger charge is 2.27. The van der Waals surface area contributed by atoms with Gasteiger partial charge in [0.15, 0.2) is 10.6 Å². The summed E-state index contributed by atoms with van der Waals surface area (Å²) in [7, 11) is -3.50. The highest BCUT2D eigenvalue weighted by atomic mass is 32.2. The summed E-state index contributed by atoms with van der Waals surface area (Å²) >= 11 is 5.31. The van der Waals surface area contributed by atoms with Crippen molar-refractivity contribution in [2.75, 3.05) is 5.43 Å². The Bertz CT molecular complexity index is 1260. The van der Waals surface area contributed by atoms with Crippen molar-refractivity contribution in [2.24, 2.45) is 0 Å². The number of aromatic amines is 1. The first-order valence-corrected chi connectivity index (χ1v) is 12.1. The van der Waals surface area contributed by atoms with E-state index in [9.17, 15) is 13.2 Å². The fourth-order valence-electron chi connectivity index (χ4n) is 3.07. The molecule has 3 aromatic rings. The average molecular weight is 473 g/mol. The topological polar surface area (TPSA) is 121 Å². The second-order valence-corrected chi connectivity index (χ2v) is 9.81. The Morgan fingerprint density at radius 3 is 2.50 bits per heavy atom. The van der Waals surface area contributed by atoms with Gasteiger partial charge in [0.25, 0.3) is 0 Å². The van der Waals surface area contributed by atoms with Crippen molar-refractivity contribution in [2.45, 2.75) is 43.7 Å². The summed E-state index contributed by atoms with van der Waals surface area (Å²) in [5.74, 6) is 0.433. The Kier molecular flexibility index (Phi) is 6.40. The third-order valence-electron chi connectivity index (χ3n) is 5.04. The Hall–Kier alpha value is -3.02. The number of hydrogen-bond acceptors (Lipinski definition) is 6. The lowest BCUT2D eigenvalue weighted by atomic mass is 10.1. The largest absolute Gasteiger partial charge is 0.300 e. The van der Waals surface area contributed by atoms with Crippen LogP contribution in [0.1, 0.15) is 24.8 Å². The van der Waals surface area contributed by atoms with Gasteiger partial charge in [-0.2, -0.15) is 5.10 Å². The molecule has 2 aromatic carbocycles. The number of nitrogens with zero attached hydrogens (tertiary/aromatic N) is 2. The molecule has 168 valence electrons. The van der Waals surface area contributed by atoms with Crippen LogP contribution in [0.4, 0.5) is 5.69 Å². The van der Waals surface area contributed by atoms with Gasteiger partial charge < -0.3 is 0 Å². The molecule has 0 atom stereocenters. The molecule has 4 rings (SSSR count). The van der Waals surface area contributed by atoms with Gasteiger partial charge in [-0.25, -0.2) is 13.1 Å². The van der Waals surface area contributed by atoms with Crippen LogP contribution < -0.4 is 15.6 Å². The van der Waals surface area contributed by atoms with Crippen molar-refractivity contribution >= 4 is 33.8 Å². The van der Waals surface area contributed by atoms with Gasteiger partial charge in [-0.15, -0.1) is 0 Å². The van der Waals surface area contributed by atoms with Gasteiger partial charge in [0, 0.05) is 24.6 Å². The van der Waals surface area contributed by atoms with Gasteiger partial charge >= 0.3 is 0 Å². The molecule has 11 heteroatoms. The van der Waals surface area contributed by atoms with Gasteiger partial charge in [0.1, 0.15) is 0 Å². The second kappa shape index (κ2) is 9.23. The number of nitrogens with one attached hydrogen (secondary N) is 4. The van der Waals surface area contributed by atoms with Gasteiger partial charge in [0.05, 0.1) is 10.6 Å². The molecule has 0 spiro atoms. The number of hydrogen-bond donors (Lipinski definition) is 4.